The fraction of sp³-hybridized carbons (Fsp3) is 0.200. The van der Waals surface area contributed by atoms with Crippen LogP contribution in [0.1, 0.15) is 28.3 Å². The molecule has 1 atom stereocenters. The van der Waals surface area contributed by atoms with E-state index < -0.39 is 17.7 Å². The standard InChI is InChI=1S/C15H15ClF2N2/c1-8-5-10(7-11(16)6-8)15(20-19)13-12(17)4-3-9(2)14(13)18/h3-7,15,20H,19H2,1-2H3. The summed E-state index contributed by atoms with van der Waals surface area (Å²) >= 11 is 5.99. The second-order valence-electron chi connectivity index (χ2n) is 4.75. The molecule has 0 saturated carbocycles. The van der Waals surface area contributed by atoms with Crippen molar-refractivity contribution in [2.24, 2.45) is 5.84 Å². The van der Waals surface area contributed by atoms with Gasteiger partial charge in [-0.3, -0.25) is 5.84 Å². The van der Waals surface area contributed by atoms with Crippen molar-refractivity contribution in [1.29, 1.82) is 0 Å². The van der Waals surface area contributed by atoms with Crippen molar-refractivity contribution in [1.82, 2.24) is 5.43 Å². The van der Waals surface area contributed by atoms with Gasteiger partial charge in [-0.2, -0.15) is 0 Å². The molecule has 3 N–H and O–H groups in total. The van der Waals surface area contributed by atoms with Crippen LogP contribution in [0.25, 0.3) is 0 Å². The summed E-state index contributed by atoms with van der Waals surface area (Å²) in [6.45, 7) is 3.43. The van der Waals surface area contributed by atoms with Gasteiger partial charge in [0.1, 0.15) is 11.6 Å². The van der Waals surface area contributed by atoms with Crippen LogP contribution in [0, 0.1) is 25.5 Å². The fourth-order valence-electron chi connectivity index (χ4n) is 2.22. The first-order chi connectivity index (χ1) is 9.43. The zero-order valence-electron chi connectivity index (χ0n) is 11.2. The van der Waals surface area contributed by atoms with E-state index in [4.69, 9.17) is 17.4 Å². The van der Waals surface area contributed by atoms with Crippen molar-refractivity contribution < 1.29 is 8.78 Å². The molecule has 0 aliphatic rings. The Morgan fingerprint density at radius 2 is 1.85 bits per heavy atom. The average Bonchev–Trinajstić information content (AvgIpc) is 2.38. The van der Waals surface area contributed by atoms with E-state index in [1.54, 1.807) is 25.1 Å². The molecule has 2 rings (SSSR count). The predicted molar refractivity (Wildman–Crippen MR) is 76.5 cm³/mol. The number of benzene rings is 2. The van der Waals surface area contributed by atoms with Gasteiger partial charge in [0.2, 0.25) is 0 Å². The van der Waals surface area contributed by atoms with Crippen LogP contribution in [0.15, 0.2) is 30.3 Å². The second-order valence-corrected chi connectivity index (χ2v) is 5.19. The molecule has 0 heterocycles. The fourth-order valence-corrected chi connectivity index (χ4v) is 2.52. The van der Waals surface area contributed by atoms with Crippen molar-refractivity contribution in [2.45, 2.75) is 19.9 Å². The molecule has 0 amide bonds. The summed E-state index contributed by atoms with van der Waals surface area (Å²) in [4.78, 5) is 0. The minimum atomic E-state index is -0.799. The van der Waals surface area contributed by atoms with E-state index in [9.17, 15) is 8.78 Å². The molecule has 0 bridgehead atoms. The molecular weight excluding hydrogens is 282 g/mol. The van der Waals surface area contributed by atoms with Crippen molar-refractivity contribution in [2.75, 3.05) is 0 Å². The molecule has 0 saturated heterocycles. The van der Waals surface area contributed by atoms with E-state index in [-0.39, 0.29) is 5.56 Å². The van der Waals surface area contributed by atoms with Crippen LogP contribution in [-0.2, 0) is 0 Å². The number of rotatable bonds is 3. The summed E-state index contributed by atoms with van der Waals surface area (Å²) in [6, 6.07) is 7.02. The third kappa shape index (κ3) is 2.82. The molecule has 1 unspecified atom stereocenters. The Labute approximate surface area is 121 Å². The van der Waals surface area contributed by atoms with Crippen LogP contribution in [0.3, 0.4) is 0 Å². The molecule has 0 aliphatic heterocycles. The van der Waals surface area contributed by atoms with E-state index in [0.29, 0.717) is 16.1 Å². The first kappa shape index (κ1) is 14.9. The number of nitrogens with two attached hydrogens (primary N) is 1. The Morgan fingerprint density at radius 1 is 1.15 bits per heavy atom. The maximum absolute atomic E-state index is 14.2. The third-order valence-electron chi connectivity index (χ3n) is 3.17. The van der Waals surface area contributed by atoms with Gasteiger partial charge in [0, 0.05) is 10.6 Å². The van der Waals surface area contributed by atoms with Crippen LogP contribution in [0.2, 0.25) is 5.02 Å². The van der Waals surface area contributed by atoms with Crippen LogP contribution >= 0.6 is 11.6 Å². The third-order valence-corrected chi connectivity index (χ3v) is 3.39. The van der Waals surface area contributed by atoms with Crippen LogP contribution < -0.4 is 11.3 Å². The molecule has 5 heteroatoms. The largest absolute Gasteiger partial charge is 0.271 e. The first-order valence-electron chi connectivity index (χ1n) is 6.11. The van der Waals surface area contributed by atoms with E-state index >= 15 is 0 Å². The van der Waals surface area contributed by atoms with Gasteiger partial charge in [-0.15, -0.1) is 0 Å². The summed E-state index contributed by atoms with van der Waals surface area (Å²) in [7, 11) is 0. The topological polar surface area (TPSA) is 38.0 Å². The maximum Gasteiger partial charge on any atom is 0.134 e. The number of halogens is 3. The summed E-state index contributed by atoms with van der Waals surface area (Å²) in [5.74, 6) is 4.25. The molecule has 20 heavy (non-hydrogen) atoms. The first-order valence-corrected chi connectivity index (χ1v) is 6.49. The number of hydrogen-bond acceptors (Lipinski definition) is 2. The maximum atomic E-state index is 14.2. The lowest BCUT2D eigenvalue weighted by Gasteiger charge is -2.20. The van der Waals surface area contributed by atoms with Crippen molar-refractivity contribution in [3.05, 3.63) is 69.2 Å². The molecular formula is C15H15ClF2N2. The SMILES string of the molecule is Cc1cc(Cl)cc(C(NN)c2c(F)ccc(C)c2F)c1. The molecule has 106 valence electrons. The minimum Gasteiger partial charge on any atom is -0.271 e. The van der Waals surface area contributed by atoms with Gasteiger partial charge in [-0.1, -0.05) is 23.7 Å². The molecule has 2 aromatic carbocycles. The number of hydrogen-bond donors (Lipinski definition) is 2. The minimum absolute atomic E-state index is 0.103. The van der Waals surface area contributed by atoms with Gasteiger partial charge in [-0.05, 0) is 48.7 Å². The zero-order valence-corrected chi connectivity index (χ0v) is 11.9. The van der Waals surface area contributed by atoms with E-state index in [1.807, 2.05) is 6.92 Å². The predicted octanol–water partition coefficient (Wildman–Crippen LogP) is 3.79. The molecule has 0 aliphatic carbocycles. The Kier molecular flexibility index (Phi) is 4.38. The summed E-state index contributed by atoms with van der Waals surface area (Å²) in [6.07, 6.45) is 0. The number of aryl methyl sites for hydroxylation is 2. The highest BCUT2D eigenvalue weighted by molar-refractivity contribution is 6.30. The zero-order chi connectivity index (χ0) is 14.9. The van der Waals surface area contributed by atoms with E-state index in [1.165, 1.54) is 12.1 Å². The van der Waals surface area contributed by atoms with Crippen molar-refractivity contribution >= 4 is 11.6 Å². The van der Waals surface area contributed by atoms with Gasteiger partial charge < -0.3 is 0 Å². The monoisotopic (exact) mass is 296 g/mol. The van der Waals surface area contributed by atoms with Crippen LogP contribution in [0.5, 0.6) is 0 Å². The quantitative estimate of drug-likeness (QED) is 0.668. The molecule has 0 spiro atoms. The van der Waals surface area contributed by atoms with Crippen LogP contribution in [-0.4, -0.2) is 0 Å². The second kappa shape index (κ2) is 5.87. The Morgan fingerprint density at radius 3 is 2.45 bits per heavy atom. The van der Waals surface area contributed by atoms with Gasteiger partial charge >= 0.3 is 0 Å². The lowest BCUT2D eigenvalue weighted by molar-refractivity contribution is 0.506. The molecule has 0 aromatic heterocycles. The number of nitrogens with one attached hydrogen (secondary N) is 1. The van der Waals surface area contributed by atoms with Gasteiger partial charge in [-0.25, -0.2) is 14.2 Å². The highest BCUT2D eigenvalue weighted by Crippen LogP contribution is 2.30. The smallest absolute Gasteiger partial charge is 0.134 e. The molecule has 0 radical (unpaired) electrons. The summed E-state index contributed by atoms with van der Waals surface area (Å²) in [5.41, 5.74) is 4.22. The Bertz CT molecular complexity index is 624. The van der Waals surface area contributed by atoms with Gasteiger partial charge in [0.05, 0.1) is 6.04 Å². The molecule has 0 fully saturated rings. The number of hydrazine groups is 1. The molecule has 2 nitrogen and oxygen atoms in total. The Hall–Kier alpha value is -1.49. The lowest BCUT2D eigenvalue weighted by Crippen LogP contribution is -2.30. The normalized spacial score (nSPS) is 12.5. The molecule has 2 aromatic rings. The lowest BCUT2D eigenvalue weighted by atomic mass is 9.95. The van der Waals surface area contributed by atoms with Crippen LogP contribution in [0.4, 0.5) is 8.78 Å². The Balaban J connectivity index is 2.61. The highest BCUT2D eigenvalue weighted by Gasteiger charge is 2.22. The summed E-state index contributed by atoms with van der Waals surface area (Å²) in [5, 5.41) is 0.494. The van der Waals surface area contributed by atoms with Crippen molar-refractivity contribution in [3.8, 4) is 0 Å². The average molecular weight is 297 g/mol. The van der Waals surface area contributed by atoms with Gasteiger partial charge in [0.15, 0.2) is 0 Å². The highest BCUT2D eigenvalue weighted by atomic mass is 35.5. The van der Waals surface area contributed by atoms with E-state index in [0.717, 1.165) is 5.56 Å². The van der Waals surface area contributed by atoms with Crippen molar-refractivity contribution in [3.63, 3.8) is 0 Å². The summed E-state index contributed by atoms with van der Waals surface area (Å²) < 4.78 is 28.2. The van der Waals surface area contributed by atoms with E-state index in [2.05, 4.69) is 5.43 Å². The van der Waals surface area contributed by atoms with Gasteiger partial charge in [0.25, 0.3) is 0 Å².